The molecular weight excluding hydrogens is 236 g/mol. The van der Waals surface area contributed by atoms with Crippen molar-refractivity contribution in [2.45, 2.75) is 5.16 Å². The molecule has 0 aliphatic rings. The van der Waals surface area contributed by atoms with Gasteiger partial charge < -0.3 is 9.72 Å². The fourth-order valence-electron chi connectivity index (χ4n) is 1.75. The standard InChI is InChI=1S/C11H10N4OS/c1-16-6-3-4-8-7(5-6)9-10(12-8)13-11(17-2)15-14-9/h3-5H,1-2H3,(H,12,13,15). The molecule has 6 heteroatoms. The lowest BCUT2D eigenvalue weighted by molar-refractivity contribution is 0.415. The van der Waals surface area contributed by atoms with E-state index in [1.165, 1.54) is 11.8 Å². The molecular formula is C11H10N4OS. The molecule has 0 atom stereocenters. The van der Waals surface area contributed by atoms with Gasteiger partial charge in [0.15, 0.2) is 5.65 Å². The van der Waals surface area contributed by atoms with Crippen molar-refractivity contribution < 1.29 is 4.74 Å². The Hall–Kier alpha value is -1.82. The molecule has 0 aliphatic heterocycles. The number of methoxy groups -OCH3 is 1. The van der Waals surface area contributed by atoms with Crippen molar-refractivity contribution in [1.82, 2.24) is 20.2 Å². The maximum absolute atomic E-state index is 5.20. The molecule has 2 aromatic heterocycles. The SMILES string of the molecule is COc1ccc2[nH]c3nc(SC)nnc3c2c1. The number of hydrogen-bond acceptors (Lipinski definition) is 5. The van der Waals surface area contributed by atoms with Gasteiger partial charge in [-0.3, -0.25) is 0 Å². The Balaban J connectivity index is 2.34. The Bertz CT molecular complexity index is 694. The van der Waals surface area contributed by atoms with E-state index in [0.717, 1.165) is 27.8 Å². The van der Waals surface area contributed by atoms with E-state index in [4.69, 9.17) is 4.74 Å². The average molecular weight is 246 g/mol. The van der Waals surface area contributed by atoms with Gasteiger partial charge in [0.1, 0.15) is 11.3 Å². The Morgan fingerprint density at radius 2 is 2.18 bits per heavy atom. The maximum atomic E-state index is 5.20. The second-order valence-corrected chi connectivity index (χ2v) is 4.31. The van der Waals surface area contributed by atoms with Crippen LogP contribution in [0, 0.1) is 0 Å². The van der Waals surface area contributed by atoms with Gasteiger partial charge in [0, 0.05) is 10.9 Å². The first-order chi connectivity index (χ1) is 8.31. The van der Waals surface area contributed by atoms with E-state index in [2.05, 4.69) is 20.2 Å². The minimum absolute atomic E-state index is 0.663. The van der Waals surface area contributed by atoms with E-state index in [9.17, 15) is 0 Å². The van der Waals surface area contributed by atoms with Gasteiger partial charge in [-0.1, -0.05) is 11.8 Å². The van der Waals surface area contributed by atoms with Crippen LogP contribution < -0.4 is 4.74 Å². The van der Waals surface area contributed by atoms with Crippen LogP contribution in [0.4, 0.5) is 0 Å². The minimum Gasteiger partial charge on any atom is -0.497 e. The number of aromatic nitrogens is 4. The summed E-state index contributed by atoms with van der Waals surface area (Å²) in [5.41, 5.74) is 2.52. The summed E-state index contributed by atoms with van der Waals surface area (Å²) in [7, 11) is 1.64. The van der Waals surface area contributed by atoms with Crippen LogP contribution in [0.1, 0.15) is 0 Å². The van der Waals surface area contributed by atoms with Gasteiger partial charge in [-0.25, -0.2) is 4.98 Å². The first-order valence-corrected chi connectivity index (χ1v) is 6.28. The maximum Gasteiger partial charge on any atom is 0.210 e. The molecule has 0 saturated heterocycles. The number of benzene rings is 1. The van der Waals surface area contributed by atoms with Crippen molar-refractivity contribution in [1.29, 1.82) is 0 Å². The van der Waals surface area contributed by atoms with Gasteiger partial charge in [0.25, 0.3) is 0 Å². The topological polar surface area (TPSA) is 63.7 Å². The summed E-state index contributed by atoms with van der Waals surface area (Å²) in [4.78, 5) is 7.60. The molecule has 0 unspecified atom stereocenters. The van der Waals surface area contributed by atoms with Crippen LogP contribution in [-0.4, -0.2) is 33.5 Å². The number of aromatic amines is 1. The number of fused-ring (bicyclic) bond motifs is 3. The van der Waals surface area contributed by atoms with Crippen LogP contribution in [0.25, 0.3) is 22.1 Å². The normalized spacial score (nSPS) is 11.2. The Labute approximate surface area is 102 Å². The van der Waals surface area contributed by atoms with Crippen molar-refractivity contribution in [2.75, 3.05) is 13.4 Å². The molecule has 17 heavy (non-hydrogen) atoms. The molecule has 1 N–H and O–H groups in total. The molecule has 0 spiro atoms. The highest BCUT2D eigenvalue weighted by Gasteiger charge is 2.09. The minimum atomic E-state index is 0.663. The molecule has 3 rings (SSSR count). The third-order valence-corrected chi connectivity index (χ3v) is 3.12. The van der Waals surface area contributed by atoms with E-state index in [1.54, 1.807) is 7.11 Å². The van der Waals surface area contributed by atoms with E-state index in [1.807, 2.05) is 24.5 Å². The summed E-state index contributed by atoms with van der Waals surface area (Å²) in [6.07, 6.45) is 1.93. The molecule has 5 nitrogen and oxygen atoms in total. The number of H-pyrrole nitrogens is 1. The lowest BCUT2D eigenvalue weighted by Gasteiger charge is -1.98. The van der Waals surface area contributed by atoms with Gasteiger partial charge in [0.2, 0.25) is 5.16 Å². The number of nitrogens with zero attached hydrogens (tertiary/aromatic N) is 3. The van der Waals surface area contributed by atoms with Crippen LogP contribution >= 0.6 is 11.8 Å². The third-order valence-electron chi connectivity index (χ3n) is 2.58. The van der Waals surface area contributed by atoms with Gasteiger partial charge in [-0.2, -0.15) is 0 Å². The van der Waals surface area contributed by atoms with Crippen molar-refractivity contribution in [3.05, 3.63) is 18.2 Å². The summed E-state index contributed by atoms with van der Waals surface area (Å²) in [5, 5.41) is 9.88. The molecule has 0 amide bonds. The Morgan fingerprint density at radius 3 is 2.94 bits per heavy atom. The molecule has 1 aromatic carbocycles. The highest BCUT2D eigenvalue weighted by molar-refractivity contribution is 7.98. The highest BCUT2D eigenvalue weighted by Crippen LogP contribution is 2.26. The average Bonchev–Trinajstić information content (AvgIpc) is 2.74. The van der Waals surface area contributed by atoms with Gasteiger partial charge in [0.05, 0.1) is 7.11 Å². The largest absolute Gasteiger partial charge is 0.497 e. The summed E-state index contributed by atoms with van der Waals surface area (Å²) in [6, 6.07) is 5.79. The van der Waals surface area contributed by atoms with Crippen molar-refractivity contribution in [3.8, 4) is 5.75 Å². The molecule has 0 aliphatic carbocycles. The van der Waals surface area contributed by atoms with Crippen molar-refractivity contribution in [2.24, 2.45) is 0 Å². The highest BCUT2D eigenvalue weighted by atomic mass is 32.2. The van der Waals surface area contributed by atoms with Crippen LogP contribution in [0.3, 0.4) is 0 Å². The number of ether oxygens (including phenoxy) is 1. The molecule has 0 bridgehead atoms. The smallest absolute Gasteiger partial charge is 0.210 e. The lowest BCUT2D eigenvalue weighted by atomic mass is 10.2. The summed E-state index contributed by atoms with van der Waals surface area (Å²) >= 11 is 1.47. The van der Waals surface area contributed by atoms with E-state index < -0.39 is 0 Å². The Morgan fingerprint density at radius 1 is 1.29 bits per heavy atom. The first-order valence-electron chi connectivity index (χ1n) is 5.06. The molecule has 2 heterocycles. The molecule has 3 aromatic rings. The van der Waals surface area contributed by atoms with Gasteiger partial charge >= 0.3 is 0 Å². The zero-order valence-electron chi connectivity index (χ0n) is 9.39. The molecule has 0 fully saturated rings. The second kappa shape index (κ2) is 3.89. The van der Waals surface area contributed by atoms with Crippen LogP contribution in [0.2, 0.25) is 0 Å². The fourth-order valence-corrected chi connectivity index (χ4v) is 2.05. The summed E-state index contributed by atoms with van der Waals surface area (Å²) < 4.78 is 5.20. The lowest BCUT2D eigenvalue weighted by Crippen LogP contribution is -1.89. The number of rotatable bonds is 2. The van der Waals surface area contributed by atoms with E-state index in [-0.39, 0.29) is 0 Å². The Kier molecular flexibility index (Phi) is 2.36. The zero-order valence-corrected chi connectivity index (χ0v) is 10.2. The van der Waals surface area contributed by atoms with Crippen molar-refractivity contribution in [3.63, 3.8) is 0 Å². The molecule has 86 valence electrons. The summed E-state index contributed by atoms with van der Waals surface area (Å²) in [6.45, 7) is 0. The van der Waals surface area contributed by atoms with Gasteiger partial charge in [-0.05, 0) is 24.5 Å². The number of hydrogen-bond donors (Lipinski definition) is 1. The first kappa shape index (κ1) is 10.3. The predicted octanol–water partition coefficient (Wildman–Crippen LogP) is 2.24. The number of nitrogens with one attached hydrogen (secondary N) is 1. The fraction of sp³-hybridized carbons (Fsp3) is 0.182. The predicted molar refractivity (Wildman–Crippen MR) is 67.5 cm³/mol. The second-order valence-electron chi connectivity index (χ2n) is 3.53. The van der Waals surface area contributed by atoms with Crippen LogP contribution in [0.5, 0.6) is 5.75 Å². The third kappa shape index (κ3) is 1.61. The quantitative estimate of drug-likeness (QED) is 0.702. The number of thioether (sulfide) groups is 1. The van der Waals surface area contributed by atoms with Crippen molar-refractivity contribution >= 4 is 33.8 Å². The van der Waals surface area contributed by atoms with E-state index in [0.29, 0.717) is 5.16 Å². The monoisotopic (exact) mass is 246 g/mol. The molecule has 0 saturated carbocycles. The zero-order chi connectivity index (χ0) is 11.8. The summed E-state index contributed by atoms with van der Waals surface area (Å²) in [5.74, 6) is 0.800. The van der Waals surface area contributed by atoms with E-state index >= 15 is 0 Å². The van der Waals surface area contributed by atoms with Gasteiger partial charge in [-0.15, -0.1) is 10.2 Å². The van der Waals surface area contributed by atoms with Crippen LogP contribution in [-0.2, 0) is 0 Å². The van der Waals surface area contributed by atoms with Crippen LogP contribution in [0.15, 0.2) is 23.4 Å². The molecule has 0 radical (unpaired) electrons.